The van der Waals surface area contributed by atoms with E-state index in [0.29, 0.717) is 12.3 Å². The molecule has 0 radical (unpaired) electrons. The molecule has 0 amide bonds. The molecule has 0 spiro atoms. The molecule has 100 valence electrons. The highest BCUT2D eigenvalue weighted by atomic mass is 28.4. The van der Waals surface area contributed by atoms with Crippen LogP contribution in [0.4, 0.5) is 0 Å². The highest BCUT2D eigenvalue weighted by Gasteiger charge is 2.36. The van der Waals surface area contributed by atoms with Gasteiger partial charge >= 0.3 is 5.69 Å². The third kappa shape index (κ3) is 3.37. The van der Waals surface area contributed by atoms with Crippen LogP contribution in [-0.2, 0) is 11.5 Å². The van der Waals surface area contributed by atoms with Crippen molar-refractivity contribution in [2.45, 2.75) is 38.9 Å². The first kappa shape index (κ1) is 14.8. The van der Waals surface area contributed by atoms with Gasteiger partial charge < -0.3 is 9.41 Å². The van der Waals surface area contributed by atoms with Crippen LogP contribution in [0.3, 0.4) is 0 Å². The largest absolute Gasteiger partial charge is 0.406 e. The molecule has 1 N–H and O–H groups in total. The van der Waals surface area contributed by atoms with E-state index in [9.17, 15) is 4.79 Å². The number of imidazole rings is 1. The molecule has 1 aromatic heterocycles. The van der Waals surface area contributed by atoms with Crippen molar-refractivity contribution in [1.82, 2.24) is 9.55 Å². The minimum absolute atomic E-state index is 0.149. The van der Waals surface area contributed by atoms with Gasteiger partial charge in [0.1, 0.15) is 5.69 Å². The van der Waals surface area contributed by atoms with E-state index in [0.717, 1.165) is 0 Å². The lowest BCUT2D eigenvalue weighted by molar-refractivity contribution is 0.334. The van der Waals surface area contributed by atoms with Gasteiger partial charge in [0, 0.05) is 13.2 Å². The Morgan fingerprint density at radius 1 is 1.44 bits per heavy atom. The Bertz CT molecular complexity index is 524. The number of nitrogens with zero attached hydrogens (tertiary/aromatic N) is 1. The number of H-pyrrole nitrogens is 1. The summed E-state index contributed by atoms with van der Waals surface area (Å²) in [7, 11) is -0.0383. The predicted molar refractivity (Wildman–Crippen MR) is 76.1 cm³/mol. The third-order valence-corrected chi connectivity index (χ3v) is 8.00. The summed E-state index contributed by atoms with van der Waals surface area (Å²) < 4.78 is 7.42. The summed E-state index contributed by atoms with van der Waals surface area (Å²) in [6.45, 7) is 11.4. The van der Waals surface area contributed by atoms with E-state index in [1.807, 2.05) is 0 Å². The summed E-state index contributed by atoms with van der Waals surface area (Å²) in [4.78, 5) is 13.8. The van der Waals surface area contributed by atoms with Crippen LogP contribution in [0.25, 0.3) is 0 Å². The lowest BCUT2D eigenvalue weighted by Crippen LogP contribution is -2.40. The van der Waals surface area contributed by atoms with Crippen LogP contribution >= 0.6 is 0 Å². The van der Waals surface area contributed by atoms with Crippen molar-refractivity contribution in [2.24, 2.45) is 7.05 Å². The van der Waals surface area contributed by atoms with Gasteiger partial charge in [-0.1, -0.05) is 26.7 Å². The molecule has 0 aromatic carbocycles. The summed E-state index contributed by atoms with van der Waals surface area (Å²) in [6.07, 6.45) is 1.61. The summed E-state index contributed by atoms with van der Waals surface area (Å²) in [6, 6.07) is 0. The molecule has 0 atom stereocenters. The second kappa shape index (κ2) is 5.17. The lowest BCUT2D eigenvalue weighted by atomic mass is 10.2. The number of aromatic amines is 1. The smallest absolute Gasteiger partial charge is 0.326 e. The van der Waals surface area contributed by atoms with E-state index in [2.05, 4.69) is 50.7 Å². The van der Waals surface area contributed by atoms with E-state index in [-0.39, 0.29) is 10.7 Å². The Morgan fingerprint density at radius 3 is 2.50 bits per heavy atom. The van der Waals surface area contributed by atoms with Gasteiger partial charge in [0.25, 0.3) is 0 Å². The third-order valence-electron chi connectivity index (χ3n) is 3.53. The fraction of sp³-hybridized carbons (Fsp3) is 0.615. The van der Waals surface area contributed by atoms with Crippen molar-refractivity contribution < 1.29 is 4.43 Å². The zero-order valence-corrected chi connectivity index (χ0v) is 13.0. The first-order chi connectivity index (χ1) is 8.15. The Morgan fingerprint density at radius 2 is 2.06 bits per heavy atom. The highest BCUT2D eigenvalue weighted by Crippen LogP contribution is 2.36. The van der Waals surface area contributed by atoms with Gasteiger partial charge in [0.05, 0.1) is 6.61 Å². The molecule has 0 aliphatic carbocycles. The maximum atomic E-state index is 11.2. The minimum atomic E-state index is -1.73. The Kier molecular flexibility index (Phi) is 4.25. The topological polar surface area (TPSA) is 47.0 Å². The molecular weight excluding hydrogens is 244 g/mol. The summed E-state index contributed by atoms with van der Waals surface area (Å²) in [5, 5.41) is 0.190. The molecule has 0 saturated heterocycles. The van der Waals surface area contributed by atoms with Crippen LogP contribution in [0.15, 0.2) is 11.0 Å². The molecular formula is C13H22N2O2Si. The molecule has 0 aliphatic rings. The maximum Gasteiger partial charge on any atom is 0.326 e. The normalized spacial score (nSPS) is 12.1. The molecule has 0 aliphatic heterocycles. The van der Waals surface area contributed by atoms with Crippen LogP contribution in [-0.4, -0.2) is 24.5 Å². The summed E-state index contributed by atoms with van der Waals surface area (Å²) >= 11 is 0. The van der Waals surface area contributed by atoms with Crippen molar-refractivity contribution in [1.29, 1.82) is 0 Å². The zero-order chi connectivity index (χ0) is 14.0. The second-order valence-corrected chi connectivity index (χ2v) is 10.7. The van der Waals surface area contributed by atoms with Gasteiger partial charge in [-0.2, -0.15) is 0 Å². The van der Waals surface area contributed by atoms with Crippen molar-refractivity contribution >= 4 is 8.32 Å². The highest BCUT2D eigenvalue weighted by molar-refractivity contribution is 6.74. The van der Waals surface area contributed by atoms with Gasteiger partial charge in [-0.3, -0.25) is 4.57 Å². The fourth-order valence-electron chi connectivity index (χ4n) is 1.11. The average molecular weight is 266 g/mol. The molecule has 0 unspecified atom stereocenters. The fourth-order valence-corrected chi connectivity index (χ4v) is 1.98. The number of hydrogen-bond donors (Lipinski definition) is 1. The van der Waals surface area contributed by atoms with Crippen LogP contribution in [0.5, 0.6) is 0 Å². The molecule has 1 heterocycles. The van der Waals surface area contributed by atoms with E-state index < -0.39 is 8.32 Å². The van der Waals surface area contributed by atoms with E-state index in [4.69, 9.17) is 4.43 Å². The molecule has 1 rings (SSSR count). The number of aromatic nitrogens is 2. The molecule has 0 saturated carbocycles. The standard InChI is InChI=1S/C13H22N2O2Si/c1-13(2,3)18(5,6)17-9-7-8-11-10-14-12(16)15(11)4/h10H,9H2,1-6H3,(H,14,16). The zero-order valence-electron chi connectivity index (χ0n) is 12.0. The van der Waals surface area contributed by atoms with Gasteiger partial charge in [0.2, 0.25) is 0 Å². The number of nitrogens with one attached hydrogen (secondary N) is 1. The first-order valence-electron chi connectivity index (χ1n) is 6.02. The van der Waals surface area contributed by atoms with Gasteiger partial charge in [-0.15, -0.1) is 0 Å². The van der Waals surface area contributed by atoms with Gasteiger partial charge in [-0.05, 0) is 24.1 Å². The van der Waals surface area contributed by atoms with Gasteiger partial charge in [0.15, 0.2) is 8.32 Å². The maximum absolute atomic E-state index is 11.2. The molecule has 18 heavy (non-hydrogen) atoms. The second-order valence-electron chi connectivity index (χ2n) is 5.89. The van der Waals surface area contributed by atoms with E-state index in [1.165, 1.54) is 4.57 Å². The molecule has 1 aromatic rings. The molecule has 5 heteroatoms. The van der Waals surface area contributed by atoms with Crippen molar-refractivity contribution in [3.8, 4) is 11.8 Å². The van der Waals surface area contributed by atoms with E-state index >= 15 is 0 Å². The van der Waals surface area contributed by atoms with Crippen LogP contribution in [0.1, 0.15) is 26.5 Å². The Hall–Kier alpha value is -1.25. The quantitative estimate of drug-likeness (QED) is 0.658. The average Bonchev–Trinajstić information content (AvgIpc) is 2.54. The monoisotopic (exact) mass is 266 g/mol. The number of rotatable bonds is 2. The van der Waals surface area contributed by atoms with Crippen LogP contribution < -0.4 is 5.69 Å². The van der Waals surface area contributed by atoms with Crippen molar-refractivity contribution in [3.63, 3.8) is 0 Å². The SMILES string of the molecule is Cn1c(C#CCO[Si](C)(C)C(C)(C)C)c[nH]c1=O. The molecule has 0 fully saturated rings. The van der Waals surface area contributed by atoms with Crippen molar-refractivity contribution in [3.05, 3.63) is 22.4 Å². The minimum Gasteiger partial charge on any atom is -0.406 e. The Labute approximate surface area is 109 Å². The molecule has 4 nitrogen and oxygen atoms in total. The summed E-state index contributed by atoms with van der Waals surface area (Å²) in [5.74, 6) is 5.90. The van der Waals surface area contributed by atoms with Crippen LogP contribution in [0, 0.1) is 11.8 Å². The number of hydrogen-bond acceptors (Lipinski definition) is 2. The predicted octanol–water partition coefficient (Wildman–Crippen LogP) is 2.09. The Balaban J connectivity index is 2.64. The van der Waals surface area contributed by atoms with Crippen molar-refractivity contribution in [2.75, 3.05) is 6.61 Å². The molecule has 0 bridgehead atoms. The lowest BCUT2D eigenvalue weighted by Gasteiger charge is -2.35. The van der Waals surface area contributed by atoms with Gasteiger partial charge in [-0.25, -0.2) is 4.79 Å². The first-order valence-corrected chi connectivity index (χ1v) is 8.93. The van der Waals surface area contributed by atoms with E-state index in [1.54, 1.807) is 13.2 Å². The van der Waals surface area contributed by atoms with Crippen LogP contribution in [0.2, 0.25) is 18.1 Å². The summed E-state index contributed by atoms with van der Waals surface area (Å²) in [5.41, 5.74) is 0.531.